The number of carbonyl (C=O) groups is 1. The Hall–Kier alpha value is -2.93. The molecule has 4 heterocycles. The highest BCUT2D eigenvalue weighted by Crippen LogP contribution is 2.35. The molecule has 1 fully saturated rings. The molecule has 0 spiro atoms. The monoisotopic (exact) mass is 351 g/mol. The van der Waals surface area contributed by atoms with Crippen LogP contribution < -0.4 is 5.32 Å². The first-order valence-corrected chi connectivity index (χ1v) is 8.68. The van der Waals surface area contributed by atoms with Crippen LogP contribution in [0.1, 0.15) is 28.4 Å². The maximum atomic E-state index is 12.7. The number of carbonyl (C=O) groups excluding carboxylic acids is 1. The van der Waals surface area contributed by atoms with E-state index in [1.54, 1.807) is 31.0 Å². The number of rotatable bonds is 5. The zero-order chi connectivity index (χ0) is 17.9. The lowest BCUT2D eigenvalue weighted by molar-refractivity contribution is 0.0944. The minimum Gasteiger partial charge on any atom is -0.472 e. The number of hydrogen-bond donors (Lipinski definition) is 2. The van der Waals surface area contributed by atoms with Crippen molar-refractivity contribution in [2.45, 2.75) is 12.5 Å². The highest BCUT2D eigenvalue weighted by Gasteiger charge is 2.33. The summed E-state index contributed by atoms with van der Waals surface area (Å²) >= 11 is 0. The van der Waals surface area contributed by atoms with Crippen molar-refractivity contribution in [3.63, 3.8) is 0 Å². The third-order valence-corrected chi connectivity index (χ3v) is 5.02. The molecule has 0 unspecified atom stereocenters. The van der Waals surface area contributed by atoms with Gasteiger partial charge in [0.05, 0.1) is 30.0 Å². The third kappa shape index (κ3) is 3.13. The summed E-state index contributed by atoms with van der Waals surface area (Å²) in [6, 6.07) is 6.12. The lowest BCUT2D eigenvalue weighted by atomic mass is 9.94. The summed E-state index contributed by atoms with van der Waals surface area (Å²) < 4.78 is 5.10. The molecule has 4 rings (SSSR count). The lowest BCUT2D eigenvalue weighted by Crippen LogP contribution is -2.32. The number of furan rings is 1. The average molecular weight is 351 g/mol. The minimum atomic E-state index is -0.130. The Bertz CT molecular complexity index is 859. The van der Waals surface area contributed by atoms with E-state index in [-0.39, 0.29) is 11.9 Å². The number of amides is 1. The Morgan fingerprint density at radius 2 is 2.35 bits per heavy atom. The van der Waals surface area contributed by atoms with Gasteiger partial charge in [0.15, 0.2) is 0 Å². The van der Waals surface area contributed by atoms with Crippen LogP contribution in [0.4, 0.5) is 0 Å². The second-order valence-electron chi connectivity index (χ2n) is 6.64. The summed E-state index contributed by atoms with van der Waals surface area (Å²) in [5, 5.41) is 9.95. The molecule has 26 heavy (non-hydrogen) atoms. The maximum Gasteiger partial charge on any atom is 0.255 e. The van der Waals surface area contributed by atoms with Crippen LogP contribution in [-0.4, -0.2) is 46.1 Å². The summed E-state index contributed by atoms with van der Waals surface area (Å²) in [6.45, 7) is 1.62. The van der Waals surface area contributed by atoms with Crippen LogP contribution in [0.3, 0.4) is 0 Å². The highest BCUT2D eigenvalue weighted by molar-refractivity contribution is 5.99. The second-order valence-corrected chi connectivity index (χ2v) is 6.64. The molecule has 0 aliphatic carbocycles. The number of aromatic nitrogens is 3. The van der Waals surface area contributed by atoms with Crippen molar-refractivity contribution in [1.82, 2.24) is 25.4 Å². The number of nitrogens with zero attached hydrogens (tertiary/aromatic N) is 3. The highest BCUT2D eigenvalue weighted by atomic mass is 16.3. The van der Waals surface area contributed by atoms with Crippen LogP contribution in [-0.2, 0) is 0 Å². The number of H-pyrrole nitrogens is 1. The summed E-state index contributed by atoms with van der Waals surface area (Å²) in [7, 11) is 2.12. The van der Waals surface area contributed by atoms with Crippen LogP contribution in [0.15, 0.2) is 53.7 Å². The van der Waals surface area contributed by atoms with Crippen LogP contribution >= 0.6 is 0 Å². The Balaban J connectivity index is 1.46. The van der Waals surface area contributed by atoms with Crippen molar-refractivity contribution in [1.29, 1.82) is 0 Å². The van der Waals surface area contributed by atoms with E-state index in [0.717, 1.165) is 18.5 Å². The van der Waals surface area contributed by atoms with Gasteiger partial charge in [-0.15, -0.1) is 0 Å². The van der Waals surface area contributed by atoms with Gasteiger partial charge in [-0.3, -0.25) is 19.8 Å². The molecule has 0 aromatic carbocycles. The zero-order valence-corrected chi connectivity index (χ0v) is 14.6. The normalized spacial score (nSPS) is 20.3. The van der Waals surface area contributed by atoms with E-state index in [4.69, 9.17) is 4.42 Å². The van der Waals surface area contributed by atoms with E-state index in [0.29, 0.717) is 23.7 Å². The first kappa shape index (κ1) is 16.5. The lowest BCUT2D eigenvalue weighted by Gasteiger charge is -2.25. The van der Waals surface area contributed by atoms with Gasteiger partial charge < -0.3 is 9.73 Å². The summed E-state index contributed by atoms with van der Waals surface area (Å²) in [5.41, 5.74) is 3.19. The van der Waals surface area contributed by atoms with E-state index in [1.165, 1.54) is 5.56 Å². The Kier molecular flexibility index (Phi) is 4.53. The average Bonchev–Trinajstić information content (AvgIpc) is 3.40. The zero-order valence-electron chi connectivity index (χ0n) is 14.6. The van der Waals surface area contributed by atoms with Gasteiger partial charge in [0, 0.05) is 30.5 Å². The van der Waals surface area contributed by atoms with E-state index < -0.39 is 0 Å². The van der Waals surface area contributed by atoms with E-state index in [1.807, 2.05) is 12.3 Å². The van der Waals surface area contributed by atoms with Crippen molar-refractivity contribution >= 4 is 5.91 Å². The smallest absolute Gasteiger partial charge is 0.255 e. The number of likely N-dealkylation sites (tertiary alicyclic amines) is 1. The quantitative estimate of drug-likeness (QED) is 0.737. The standard InChI is InChI=1S/C19H21N5O2/c1-24-7-4-14(18(24)13-3-2-6-20-9-13)10-21-19(25)16-11-22-23-17(16)15-5-8-26-12-15/h2-3,5-6,8-9,11-12,14,18H,4,7,10H2,1H3,(H,21,25)(H,22,23)/t14-,18-/m0/s1. The first-order chi connectivity index (χ1) is 12.7. The molecule has 0 bridgehead atoms. The van der Waals surface area contributed by atoms with Crippen LogP contribution in [0.25, 0.3) is 11.3 Å². The SMILES string of the molecule is CN1CC[C@@H](CNC(=O)c2cn[nH]c2-c2ccoc2)[C@@H]1c1cccnc1. The molecule has 1 amide bonds. The Morgan fingerprint density at radius 3 is 3.12 bits per heavy atom. The van der Waals surface area contributed by atoms with E-state index in [2.05, 4.69) is 38.5 Å². The molecular formula is C19H21N5O2. The van der Waals surface area contributed by atoms with Gasteiger partial charge in [-0.25, -0.2) is 0 Å². The molecule has 7 nitrogen and oxygen atoms in total. The number of pyridine rings is 1. The Labute approximate surface area is 151 Å². The molecule has 2 atom stereocenters. The van der Waals surface area contributed by atoms with Gasteiger partial charge in [0.1, 0.15) is 0 Å². The predicted molar refractivity (Wildman–Crippen MR) is 96.3 cm³/mol. The van der Waals surface area contributed by atoms with E-state index >= 15 is 0 Å². The number of nitrogens with one attached hydrogen (secondary N) is 2. The second kappa shape index (κ2) is 7.13. The molecule has 2 N–H and O–H groups in total. The fourth-order valence-electron chi connectivity index (χ4n) is 3.72. The summed E-state index contributed by atoms with van der Waals surface area (Å²) in [4.78, 5) is 19.2. The number of aromatic amines is 1. The van der Waals surface area contributed by atoms with Gasteiger partial charge in [0.25, 0.3) is 5.91 Å². The molecule has 3 aromatic rings. The molecule has 1 aliphatic rings. The van der Waals surface area contributed by atoms with Crippen molar-refractivity contribution in [2.75, 3.05) is 20.1 Å². The van der Waals surface area contributed by atoms with Gasteiger partial charge in [-0.1, -0.05) is 6.07 Å². The summed E-state index contributed by atoms with van der Waals surface area (Å²) in [5.74, 6) is 0.215. The Morgan fingerprint density at radius 1 is 1.42 bits per heavy atom. The molecule has 134 valence electrons. The van der Waals surface area contributed by atoms with Crippen LogP contribution in [0.5, 0.6) is 0 Å². The third-order valence-electron chi connectivity index (χ3n) is 5.02. The van der Waals surface area contributed by atoms with Gasteiger partial charge in [-0.2, -0.15) is 5.10 Å². The van der Waals surface area contributed by atoms with Gasteiger partial charge in [0.2, 0.25) is 0 Å². The molecule has 1 saturated heterocycles. The van der Waals surface area contributed by atoms with Crippen LogP contribution in [0, 0.1) is 5.92 Å². The van der Waals surface area contributed by atoms with Crippen molar-refractivity contribution in [3.8, 4) is 11.3 Å². The fraction of sp³-hybridized carbons (Fsp3) is 0.316. The topological polar surface area (TPSA) is 87.0 Å². The summed E-state index contributed by atoms with van der Waals surface area (Å²) in [6.07, 6.45) is 9.45. The predicted octanol–water partition coefficient (Wildman–Crippen LogP) is 2.49. The molecule has 0 radical (unpaired) electrons. The molecule has 0 saturated carbocycles. The van der Waals surface area contributed by atoms with Gasteiger partial charge in [-0.05, 0) is 43.6 Å². The van der Waals surface area contributed by atoms with Crippen LogP contribution in [0.2, 0.25) is 0 Å². The first-order valence-electron chi connectivity index (χ1n) is 8.68. The molecule has 7 heteroatoms. The van der Waals surface area contributed by atoms with Gasteiger partial charge >= 0.3 is 0 Å². The maximum absolute atomic E-state index is 12.7. The number of hydrogen-bond acceptors (Lipinski definition) is 5. The van der Waals surface area contributed by atoms with Crippen molar-refractivity contribution in [3.05, 3.63) is 60.4 Å². The van der Waals surface area contributed by atoms with Crippen molar-refractivity contribution in [2.24, 2.45) is 5.92 Å². The van der Waals surface area contributed by atoms with E-state index in [9.17, 15) is 4.79 Å². The van der Waals surface area contributed by atoms with Crippen molar-refractivity contribution < 1.29 is 9.21 Å². The molecular weight excluding hydrogens is 330 g/mol. The fourth-order valence-corrected chi connectivity index (χ4v) is 3.72. The molecule has 1 aliphatic heterocycles. The minimum absolute atomic E-state index is 0.130. The largest absolute Gasteiger partial charge is 0.472 e. The molecule has 3 aromatic heterocycles.